The van der Waals surface area contributed by atoms with Crippen LogP contribution in [0.25, 0.3) is 0 Å². The van der Waals surface area contributed by atoms with Crippen LogP contribution in [0.1, 0.15) is 27.7 Å². The van der Waals surface area contributed by atoms with Gasteiger partial charge in [-0.15, -0.1) is 0 Å². The summed E-state index contributed by atoms with van der Waals surface area (Å²) in [6, 6.07) is -3.46. The summed E-state index contributed by atoms with van der Waals surface area (Å²) >= 11 is 0. The first-order valence-electron chi connectivity index (χ1n) is 22.8. The minimum Gasteiger partial charge on any atom is -0.394 e. The molecule has 0 unspecified atom stereocenters. The van der Waals surface area contributed by atoms with Crippen LogP contribution in [0.5, 0.6) is 0 Å². The van der Waals surface area contributed by atoms with E-state index in [1.54, 1.807) is 0 Å². The standard InChI is InChI=1S/C40H68N2O29/c1-9-19(48)24(53)27(56)37(62-9)61-8-16-31(23(52)17(35(60)64-16)41-11(3)46)68-36-18(42-12(4)47)33(70-38-28(57)25(54)20(49)10(2)63-38)32(15(7-45)67-36)69-40-30(59)34(22(51)14(6-44)66-40)71-39-29(58)26(55)21(50)13(5-43)65-39/h9-10,13-40,43-45,48-60H,5-8H2,1-4H3,(H,41,46)(H,42,47)/t9-,10-,13+,14+,15+,16+,17+,18+,19+,20+,21+,22+,23+,24+,25+,26-,27-,28-,29-,30-,31+,32+,33+,34-,35+,36-,37+,38-,39+,40-/m0/s1. The lowest BCUT2D eigenvalue weighted by Crippen LogP contribution is -2.71. The zero-order valence-corrected chi connectivity index (χ0v) is 38.6. The second-order valence-corrected chi connectivity index (χ2v) is 18.2. The molecule has 71 heavy (non-hydrogen) atoms. The van der Waals surface area contributed by atoms with Crippen molar-refractivity contribution in [3.63, 3.8) is 0 Å². The van der Waals surface area contributed by atoms with Crippen molar-refractivity contribution in [3.05, 3.63) is 0 Å². The summed E-state index contributed by atoms with van der Waals surface area (Å²) in [5, 5.41) is 176. The van der Waals surface area contributed by atoms with Gasteiger partial charge in [0, 0.05) is 13.8 Å². The summed E-state index contributed by atoms with van der Waals surface area (Å²) in [7, 11) is 0. The molecule has 6 aliphatic heterocycles. The van der Waals surface area contributed by atoms with Crippen LogP contribution in [0.2, 0.25) is 0 Å². The van der Waals surface area contributed by atoms with E-state index in [2.05, 4.69) is 10.6 Å². The lowest BCUT2D eigenvalue weighted by atomic mass is 9.93. The van der Waals surface area contributed by atoms with Crippen LogP contribution in [0.3, 0.4) is 0 Å². The van der Waals surface area contributed by atoms with Crippen LogP contribution < -0.4 is 10.6 Å². The molecule has 0 aromatic heterocycles. The SMILES string of the molecule is CC(=O)N[C@@H]1[C@@H](O)[C@H](O[C@@H]2O[C@H](CO)[C@@H](O[C@@H]3O[C@H](CO)[C@@H](O)[C@H](O[C@H]4O[C@H](CO)[C@@H](O)[C@H](O)[C@@H]4O)[C@@H]3O)[C@H](O[C@@H]3O[C@@H](C)[C@@H](O)[C@@H](O)[C@@H]3O)[C@H]2NC(C)=O)[C@@H](CO[C@@H]2O[C@@H](C)[C@@H](O)[C@@H](O)[C@@H]2O)O[C@H]1O. The molecular weight excluding hydrogens is 972 g/mol. The van der Waals surface area contributed by atoms with E-state index >= 15 is 0 Å². The third-order valence-corrected chi connectivity index (χ3v) is 13.1. The van der Waals surface area contributed by atoms with Crippen LogP contribution in [-0.4, -0.2) is 304 Å². The summed E-state index contributed by atoms with van der Waals surface area (Å²) in [4.78, 5) is 25.3. The number of amides is 2. The van der Waals surface area contributed by atoms with Crippen LogP contribution in [0, 0.1) is 0 Å². The first-order valence-corrected chi connectivity index (χ1v) is 22.8. The van der Waals surface area contributed by atoms with Crippen molar-refractivity contribution in [2.75, 3.05) is 26.4 Å². The van der Waals surface area contributed by atoms with Crippen LogP contribution >= 0.6 is 0 Å². The number of carbonyl (C=O) groups excluding carboxylic acids is 2. The fraction of sp³-hybridized carbons (Fsp3) is 0.950. The van der Waals surface area contributed by atoms with E-state index in [0.717, 1.165) is 13.8 Å². The molecule has 31 heteroatoms. The number of aliphatic hydroxyl groups is 16. The Morgan fingerprint density at radius 1 is 0.394 bits per heavy atom. The Morgan fingerprint density at radius 2 is 0.817 bits per heavy atom. The second-order valence-electron chi connectivity index (χ2n) is 18.2. The van der Waals surface area contributed by atoms with Crippen LogP contribution in [0.4, 0.5) is 0 Å². The highest BCUT2D eigenvalue weighted by molar-refractivity contribution is 5.73. The monoisotopic (exact) mass is 1040 g/mol. The molecule has 0 bridgehead atoms. The molecule has 0 aliphatic carbocycles. The molecule has 6 aliphatic rings. The van der Waals surface area contributed by atoms with Gasteiger partial charge in [0.15, 0.2) is 37.7 Å². The third-order valence-electron chi connectivity index (χ3n) is 13.1. The lowest BCUT2D eigenvalue weighted by Gasteiger charge is -2.52. The van der Waals surface area contributed by atoms with Crippen LogP contribution in [0.15, 0.2) is 0 Å². The fourth-order valence-corrected chi connectivity index (χ4v) is 9.10. The zero-order chi connectivity index (χ0) is 52.5. The quantitative estimate of drug-likeness (QED) is 0.0682. The summed E-state index contributed by atoms with van der Waals surface area (Å²) in [6.07, 6.45) is -51.0. The maximum atomic E-state index is 13.1. The number of rotatable bonds is 16. The molecule has 30 atom stereocenters. The van der Waals surface area contributed by atoms with Crippen molar-refractivity contribution < 1.29 is 143 Å². The maximum absolute atomic E-state index is 13.1. The fourth-order valence-electron chi connectivity index (χ4n) is 9.10. The van der Waals surface area contributed by atoms with Gasteiger partial charge in [-0.2, -0.15) is 0 Å². The number of carbonyl (C=O) groups is 2. The van der Waals surface area contributed by atoms with Gasteiger partial charge in [0.1, 0.15) is 134 Å². The first-order chi connectivity index (χ1) is 33.4. The molecule has 412 valence electrons. The summed E-state index contributed by atoms with van der Waals surface area (Å²) in [6.45, 7) is 1.01. The summed E-state index contributed by atoms with van der Waals surface area (Å²) in [5.74, 6) is -1.63. The Morgan fingerprint density at radius 3 is 1.37 bits per heavy atom. The van der Waals surface area contributed by atoms with E-state index in [-0.39, 0.29) is 0 Å². The second kappa shape index (κ2) is 24.7. The third kappa shape index (κ3) is 12.6. The van der Waals surface area contributed by atoms with E-state index in [4.69, 9.17) is 52.1 Å². The highest BCUT2D eigenvalue weighted by atomic mass is 16.8. The molecule has 6 fully saturated rings. The molecule has 6 rings (SSSR count). The molecule has 18 N–H and O–H groups in total. The number of hydrogen-bond acceptors (Lipinski definition) is 29. The van der Waals surface area contributed by atoms with Crippen molar-refractivity contribution in [3.8, 4) is 0 Å². The maximum Gasteiger partial charge on any atom is 0.217 e. The van der Waals surface area contributed by atoms with E-state index < -0.39 is 222 Å². The molecule has 0 aromatic carbocycles. The molecule has 0 aromatic rings. The zero-order valence-electron chi connectivity index (χ0n) is 38.6. The van der Waals surface area contributed by atoms with Crippen molar-refractivity contribution in [1.29, 1.82) is 0 Å². The Balaban J connectivity index is 1.36. The largest absolute Gasteiger partial charge is 0.394 e. The van der Waals surface area contributed by atoms with Crippen molar-refractivity contribution >= 4 is 11.8 Å². The number of ether oxygens (including phenoxy) is 11. The van der Waals surface area contributed by atoms with Gasteiger partial charge in [-0.1, -0.05) is 0 Å². The predicted molar refractivity (Wildman–Crippen MR) is 220 cm³/mol. The molecule has 0 saturated carbocycles. The van der Waals surface area contributed by atoms with Gasteiger partial charge in [-0.05, 0) is 13.8 Å². The highest BCUT2D eigenvalue weighted by Gasteiger charge is 2.58. The predicted octanol–water partition coefficient (Wildman–Crippen LogP) is -11.8. The molecule has 6 saturated heterocycles. The van der Waals surface area contributed by atoms with Crippen molar-refractivity contribution in [2.24, 2.45) is 0 Å². The minimum absolute atomic E-state index is 0.753. The van der Waals surface area contributed by atoms with Gasteiger partial charge in [-0.3, -0.25) is 9.59 Å². The molecule has 31 nitrogen and oxygen atoms in total. The highest BCUT2D eigenvalue weighted by Crippen LogP contribution is 2.37. The average molecular weight is 1040 g/mol. The van der Waals surface area contributed by atoms with Gasteiger partial charge in [0.2, 0.25) is 11.8 Å². The Labute approximate surface area is 403 Å². The Kier molecular flexibility index (Phi) is 20.2. The first kappa shape index (κ1) is 58.1. The van der Waals surface area contributed by atoms with E-state index in [9.17, 15) is 91.3 Å². The number of nitrogens with one attached hydrogen (secondary N) is 2. The molecular formula is C40H68N2O29. The Hall–Kier alpha value is -2.14. The van der Waals surface area contributed by atoms with Gasteiger partial charge in [0.25, 0.3) is 0 Å². The molecule has 0 spiro atoms. The summed E-state index contributed by atoms with van der Waals surface area (Å²) < 4.78 is 64.3. The van der Waals surface area contributed by atoms with Gasteiger partial charge in [0.05, 0.1) is 38.6 Å². The molecule has 2 amide bonds. The average Bonchev–Trinajstić information content (AvgIpc) is 3.32. The van der Waals surface area contributed by atoms with E-state index in [1.165, 1.54) is 13.8 Å². The van der Waals surface area contributed by atoms with Crippen molar-refractivity contribution in [2.45, 2.75) is 212 Å². The summed E-state index contributed by atoms with van der Waals surface area (Å²) in [5.41, 5.74) is 0. The smallest absolute Gasteiger partial charge is 0.217 e. The lowest BCUT2D eigenvalue weighted by molar-refractivity contribution is -0.392. The van der Waals surface area contributed by atoms with Gasteiger partial charge >= 0.3 is 0 Å². The van der Waals surface area contributed by atoms with E-state index in [0.29, 0.717) is 0 Å². The van der Waals surface area contributed by atoms with Crippen molar-refractivity contribution in [1.82, 2.24) is 10.6 Å². The minimum atomic E-state index is -2.20. The number of hydrogen-bond donors (Lipinski definition) is 18. The van der Waals surface area contributed by atoms with E-state index in [1.807, 2.05) is 0 Å². The normalized spacial score (nSPS) is 50.8. The van der Waals surface area contributed by atoms with Gasteiger partial charge in [-0.25, -0.2) is 0 Å². The van der Waals surface area contributed by atoms with Gasteiger partial charge < -0.3 is 144 Å². The molecule has 0 radical (unpaired) electrons. The topological polar surface area (TPSA) is 483 Å². The number of aliphatic hydroxyl groups excluding tert-OH is 16. The van der Waals surface area contributed by atoms with Crippen LogP contribution in [-0.2, 0) is 61.7 Å². The molecule has 6 heterocycles. The Bertz CT molecular complexity index is 1710.